The van der Waals surface area contributed by atoms with Crippen LogP contribution < -0.4 is 21.1 Å². The first-order valence-corrected chi connectivity index (χ1v) is 8.56. The van der Waals surface area contributed by atoms with Gasteiger partial charge in [-0.1, -0.05) is 24.3 Å². The van der Waals surface area contributed by atoms with E-state index >= 15 is 0 Å². The predicted molar refractivity (Wildman–Crippen MR) is 107 cm³/mol. The first-order chi connectivity index (χ1) is 12.4. The van der Waals surface area contributed by atoms with Gasteiger partial charge in [-0.05, 0) is 43.7 Å². The number of carbonyl (C=O) groups is 2. The molecule has 2 aromatic rings. The fraction of sp³-hybridized carbons (Fsp3) is 0.300. The van der Waals surface area contributed by atoms with Crippen LogP contribution in [-0.2, 0) is 11.2 Å². The summed E-state index contributed by atoms with van der Waals surface area (Å²) in [4.78, 5) is 24.8. The molecule has 1 heterocycles. The van der Waals surface area contributed by atoms with E-state index in [0.717, 1.165) is 11.3 Å². The van der Waals surface area contributed by atoms with E-state index in [0.29, 0.717) is 24.2 Å². The molecule has 1 unspecified atom stereocenters. The normalized spacial score (nSPS) is 15.1. The van der Waals surface area contributed by atoms with Crippen LogP contribution in [0.2, 0.25) is 0 Å². The van der Waals surface area contributed by atoms with E-state index < -0.39 is 11.6 Å². The summed E-state index contributed by atoms with van der Waals surface area (Å²) >= 11 is 0. The third kappa shape index (κ3) is 4.99. The molecule has 0 fully saturated rings. The van der Waals surface area contributed by atoms with Gasteiger partial charge in [0.2, 0.25) is 0 Å². The first kappa shape index (κ1) is 20.7. The molecular formula is C20H24ClN3O3. The number of benzene rings is 2. The van der Waals surface area contributed by atoms with Crippen molar-refractivity contribution in [2.45, 2.75) is 31.9 Å². The van der Waals surface area contributed by atoms with Crippen LogP contribution in [0.4, 0.5) is 5.69 Å². The van der Waals surface area contributed by atoms with Gasteiger partial charge in [0.1, 0.15) is 5.75 Å². The molecule has 27 heavy (non-hydrogen) atoms. The van der Waals surface area contributed by atoms with Crippen LogP contribution >= 0.6 is 12.4 Å². The highest BCUT2D eigenvalue weighted by atomic mass is 35.5. The summed E-state index contributed by atoms with van der Waals surface area (Å²) in [5, 5.41) is 5.69. The first-order valence-electron chi connectivity index (χ1n) is 8.56. The Morgan fingerprint density at radius 1 is 1.19 bits per heavy atom. The van der Waals surface area contributed by atoms with Crippen LogP contribution in [0.3, 0.4) is 0 Å². The SMILES string of the molecule is CC(C)(CN)NC(=O)c1cccc(NC(=O)C2Cc3ccccc3O2)c1.Cl. The number of hydrogen-bond donors (Lipinski definition) is 3. The summed E-state index contributed by atoms with van der Waals surface area (Å²) in [7, 11) is 0. The molecule has 6 nitrogen and oxygen atoms in total. The fourth-order valence-corrected chi connectivity index (χ4v) is 2.72. The molecule has 4 N–H and O–H groups in total. The highest BCUT2D eigenvalue weighted by Gasteiger charge is 2.29. The van der Waals surface area contributed by atoms with Gasteiger partial charge in [0, 0.05) is 29.8 Å². The number of carbonyl (C=O) groups excluding carboxylic acids is 2. The molecule has 0 radical (unpaired) electrons. The second-order valence-corrected chi connectivity index (χ2v) is 7.03. The highest BCUT2D eigenvalue weighted by Crippen LogP contribution is 2.28. The molecule has 3 rings (SSSR count). The molecule has 1 atom stereocenters. The Labute approximate surface area is 164 Å². The second kappa shape index (κ2) is 8.41. The lowest BCUT2D eigenvalue weighted by Gasteiger charge is -2.24. The topological polar surface area (TPSA) is 93.5 Å². The van der Waals surface area contributed by atoms with E-state index in [4.69, 9.17) is 10.5 Å². The van der Waals surface area contributed by atoms with Crippen molar-refractivity contribution in [1.82, 2.24) is 5.32 Å². The summed E-state index contributed by atoms with van der Waals surface area (Å²) in [5.41, 5.74) is 7.17. The van der Waals surface area contributed by atoms with Crippen molar-refractivity contribution in [3.63, 3.8) is 0 Å². The Bertz CT molecular complexity index is 814. The fourth-order valence-electron chi connectivity index (χ4n) is 2.72. The zero-order valence-corrected chi connectivity index (χ0v) is 16.1. The van der Waals surface area contributed by atoms with Crippen molar-refractivity contribution >= 4 is 29.9 Å². The highest BCUT2D eigenvalue weighted by molar-refractivity contribution is 5.98. The Kier molecular flexibility index (Phi) is 6.46. The molecule has 2 aromatic carbocycles. The van der Waals surface area contributed by atoms with Crippen molar-refractivity contribution in [3.8, 4) is 5.75 Å². The number of fused-ring (bicyclic) bond motifs is 1. The molecule has 0 aliphatic carbocycles. The maximum atomic E-state index is 12.5. The van der Waals surface area contributed by atoms with Gasteiger partial charge in [-0.2, -0.15) is 0 Å². The van der Waals surface area contributed by atoms with E-state index in [1.165, 1.54) is 0 Å². The second-order valence-electron chi connectivity index (χ2n) is 7.03. The number of rotatable bonds is 5. The third-order valence-electron chi connectivity index (χ3n) is 4.29. The predicted octanol–water partition coefficient (Wildman–Crippen LogP) is 2.52. The maximum Gasteiger partial charge on any atom is 0.265 e. The summed E-state index contributed by atoms with van der Waals surface area (Å²) in [5.74, 6) is 0.270. The van der Waals surface area contributed by atoms with E-state index in [1.807, 2.05) is 38.1 Å². The third-order valence-corrected chi connectivity index (χ3v) is 4.29. The quantitative estimate of drug-likeness (QED) is 0.732. The molecule has 0 aromatic heterocycles. The van der Waals surface area contributed by atoms with E-state index in [9.17, 15) is 9.59 Å². The van der Waals surface area contributed by atoms with Crippen LogP contribution in [-0.4, -0.2) is 30.0 Å². The minimum Gasteiger partial charge on any atom is -0.480 e. The number of ether oxygens (including phenoxy) is 1. The van der Waals surface area contributed by atoms with Gasteiger partial charge in [0.05, 0.1) is 0 Å². The van der Waals surface area contributed by atoms with Crippen LogP contribution in [0.5, 0.6) is 5.75 Å². The largest absolute Gasteiger partial charge is 0.480 e. The van der Waals surface area contributed by atoms with Crippen molar-refractivity contribution < 1.29 is 14.3 Å². The van der Waals surface area contributed by atoms with Gasteiger partial charge in [0.15, 0.2) is 6.10 Å². The van der Waals surface area contributed by atoms with E-state index in [2.05, 4.69) is 10.6 Å². The van der Waals surface area contributed by atoms with Gasteiger partial charge >= 0.3 is 0 Å². The lowest BCUT2D eigenvalue weighted by atomic mass is 10.0. The molecule has 0 saturated heterocycles. The monoisotopic (exact) mass is 389 g/mol. The van der Waals surface area contributed by atoms with Crippen LogP contribution in [0.15, 0.2) is 48.5 Å². The van der Waals surface area contributed by atoms with Gasteiger partial charge in [-0.15, -0.1) is 12.4 Å². The van der Waals surface area contributed by atoms with Crippen molar-refractivity contribution in [3.05, 3.63) is 59.7 Å². The summed E-state index contributed by atoms with van der Waals surface area (Å²) in [6.07, 6.45) is -0.0339. The number of para-hydroxylation sites is 1. The minimum atomic E-state index is -0.568. The molecule has 0 bridgehead atoms. The number of amides is 2. The molecule has 1 aliphatic rings. The Balaban J connectivity index is 0.00000261. The molecule has 2 amide bonds. The standard InChI is InChI=1S/C20H23N3O3.ClH/c1-20(2,12-21)23-18(24)14-7-5-8-15(10-14)22-19(25)17-11-13-6-3-4-9-16(13)26-17;/h3-10,17H,11-12,21H2,1-2H3,(H,22,25)(H,23,24);1H. The Hall–Kier alpha value is -2.57. The molecule has 7 heteroatoms. The smallest absolute Gasteiger partial charge is 0.265 e. The summed E-state index contributed by atoms with van der Waals surface area (Å²) < 4.78 is 5.69. The van der Waals surface area contributed by atoms with Gasteiger partial charge in [-0.25, -0.2) is 0 Å². The van der Waals surface area contributed by atoms with Crippen LogP contribution in [0, 0.1) is 0 Å². The van der Waals surface area contributed by atoms with Crippen molar-refractivity contribution in [2.24, 2.45) is 5.73 Å². The molecule has 0 saturated carbocycles. The number of nitrogens with one attached hydrogen (secondary N) is 2. The van der Waals surface area contributed by atoms with Gasteiger partial charge < -0.3 is 21.1 Å². The maximum absolute atomic E-state index is 12.5. The van der Waals surface area contributed by atoms with Gasteiger partial charge in [0.25, 0.3) is 11.8 Å². The summed E-state index contributed by atoms with van der Waals surface area (Å²) in [6.45, 7) is 4.03. The van der Waals surface area contributed by atoms with Crippen LogP contribution in [0.1, 0.15) is 29.8 Å². The molecule has 1 aliphatic heterocycles. The summed E-state index contributed by atoms with van der Waals surface area (Å²) in [6, 6.07) is 14.4. The number of halogens is 1. The lowest BCUT2D eigenvalue weighted by Crippen LogP contribution is -2.48. The van der Waals surface area contributed by atoms with E-state index in [1.54, 1.807) is 24.3 Å². The number of anilines is 1. The van der Waals surface area contributed by atoms with Gasteiger partial charge in [-0.3, -0.25) is 9.59 Å². The minimum absolute atomic E-state index is 0. The average molecular weight is 390 g/mol. The molecule has 0 spiro atoms. The zero-order chi connectivity index (χ0) is 18.7. The Morgan fingerprint density at radius 2 is 1.93 bits per heavy atom. The molecule has 144 valence electrons. The lowest BCUT2D eigenvalue weighted by molar-refractivity contribution is -0.122. The van der Waals surface area contributed by atoms with Crippen LogP contribution in [0.25, 0.3) is 0 Å². The van der Waals surface area contributed by atoms with Crippen molar-refractivity contribution in [2.75, 3.05) is 11.9 Å². The number of hydrogen-bond acceptors (Lipinski definition) is 4. The van der Waals surface area contributed by atoms with E-state index in [-0.39, 0.29) is 24.2 Å². The Morgan fingerprint density at radius 3 is 2.63 bits per heavy atom. The average Bonchev–Trinajstić information content (AvgIpc) is 3.06. The zero-order valence-electron chi connectivity index (χ0n) is 15.3. The van der Waals surface area contributed by atoms with Crippen molar-refractivity contribution in [1.29, 1.82) is 0 Å². The number of nitrogens with two attached hydrogens (primary N) is 1. The molecular weight excluding hydrogens is 366 g/mol.